The quantitative estimate of drug-likeness (QED) is 0.877. The molecule has 1 aromatic rings. The van der Waals surface area contributed by atoms with Crippen LogP contribution in [0.2, 0.25) is 0 Å². The number of anilines is 2. The first-order chi connectivity index (χ1) is 9.28. The Labute approximate surface area is 115 Å². The molecule has 0 aromatic heterocycles. The van der Waals surface area contributed by atoms with Gasteiger partial charge in [0.05, 0.1) is 0 Å². The lowest BCUT2D eigenvalue weighted by Gasteiger charge is -2.20. The Balaban J connectivity index is 1.73. The van der Waals surface area contributed by atoms with Crippen LogP contribution in [-0.4, -0.2) is 18.5 Å². The Morgan fingerprint density at radius 3 is 2.89 bits per heavy atom. The predicted octanol–water partition coefficient (Wildman–Crippen LogP) is 3.41. The van der Waals surface area contributed by atoms with Crippen LogP contribution in [0.4, 0.5) is 11.4 Å². The summed E-state index contributed by atoms with van der Waals surface area (Å²) in [5.74, 6) is 1.11. The van der Waals surface area contributed by atoms with Crippen molar-refractivity contribution in [3.05, 3.63) is 24.3 Å². The van der Waals surface area contributed by atoms with Crippen molar-refractivity contribution >= 4 is 17.3 Å². The molecule has 1 amide bonds. The second-order valence-electron chi connectivity index (χ2n) is 5.70. The molecule has 1 aliphatic carbocycles. The van der Waals surface area contributed by atoms with Crippen LogP contribution < -0.4 is 10.2 Å². The zero-order valence-corrected chi connectivity index (χ0v) is 11.6. The van der Waals surface area contributed by atoms with Gasteiger partial charge in [-0.25, -0.2) is 0 Å². The van der Waals surface area contributed by atoms with E-state index < -0.39 is 0 Å². The molecule has 3 rings (SSSR count). The van der Waals surface area contributed by atoms with E-state index in [1.54, 1.807) is 0 Å². The van der Waals surface area contributed by atoms with Crippen molar-refractivity contribution in [3.63, 3.8) is 0 Å². The Hall–Kier alpha value is -1.51. The maximum atomic E-state index is 11.8. The van der Waals surface area contributed by atoms with Crippen molar-refractivity contribution in [1.29, 1.82) is 0 Å². The number of nitrogens with zero attached hydrogens (tertiary/aromatic N) is 1. The fourth-order valence-electron chi connectivity index (χ4n) is 2.95. The normalized spacial score (nSPS) is 20.7. The molecule has 1 atom stereocenters. The van der Waals surface area contributed by atoms with Gasteiger partial charge >= 0.3 is 0 Å². The van der Waals surface area contributed by atoms with E-state index in [9.17, 15) is 4.79 Å². The molecular formula is C16H22N2O. The molecule has 1 heterocycles. The molecule has 1 unspecified atom stereocenters. The van der Waals surface area contributed by atoms with E-state index in [1.807, 2.05) is 17.0 Å². The molecule has 2 fully saturated rings. The van der Waals surface area contributed by atoms with Crippen LogP contribution in [0.15, 0.2) is 24.3 Å². The lowest BCUT2D eigenvalue weighted by Crippen LogP contribution is -2.24. The minimum absolute atomic E-state index is 0.256. The van der Waals surface area contributed by atoms with Crippen molar-refractivity contribution in [1.82, 2.24) is 0 Å². The largest absolute Gasteiger partial charge is 0.382 e. The minimum atomic E-state index is 0.256. The highest BCUT2D eigenvalue weighted by molar-refractivity contribution is 5.95. The summed E-state index contributed by atoms with van der Waals surface area (Å²) in [4.78, 5) is 13.7. The molecule has 0 radical (unpaired) electrons. The summed E-state index contributed by atoms with van der Waals surface area (Å²) in [5, 5.41) is 3.63. The first-order valence-corrected chi connectivity index (χ1v) is 7.45. The Morgan fingerprint density at radius 1 is 1.42 bits per heavy atom. The maximum Gasteiger partial charge on any atom is 0.227 e. The van der Waals surface area contributed by atoms with Crippen LogP contribution in [0.3, 0.4) is 0 Å². The number of hydrogen-bond acceptors (Lipinski definition) is 2. The molecule has 1 aliphatic heterocycles. The molecule has 2 aliphatic rings. The highest BCUT2D eigenvalue weighted by Crippen LogP contribution is 2.36. The van der Waals surface area contributed by atoms with Gasteiger partial charge < -0.3 is 10.2 Å². The van der Waals surface area contributed by atoms with Gasteiger partial charge in [0, 0.05) is 30.4 Å². The van der Waals surface area contributed by atoms with Gasteiger partial charge in [0.15, 0.2) is 0 Å². The smallest absolute Gasteiger partial charge is 0.227 e. The summed E-state index contributed by atoms with van der Waals surface area (Å²) in [5.41, 5.74) is 2.19. The van der Waals surface area contributed by atoms with Crippen LogP contribution >= 0.6 is 0 Å². The summed E-state index contributed by atoms with van der Waals surface area (Å²) in [6.07, 6.45) is 5.55. The van der Waals surface area contributed by atoms with Gasteiger partial charge in [-0.3, -0.25) is 4.79 Å². The van der Waals surface area contributed by atoms with Gasteiger partial charge in [-0.15, -0.1) is 0 Å². The summed E-state index contributed by atoms with van der Waals surface area (Å²) in [6, 6.07) is 8.89. The molecule has 102 valence electrons. The van der Waals surface area contributed by atoms with E-state index in [4.69, 9.17) is 0 Å². The molecule has 0 spiro atoms. The van der Waals surface area contributed by atoms with Crippen molar-refractivity contribution < 1.29 is 4.79 Å². The van der Waals surface area contributed by atoms with E-state index in [1.165, 1.54) is 12.8 Å². The molecule has 3 nitrogen and oxygen atoms in total. The molecule has 3 heteroatoms. The Kier molecular flexibility index (Phi) is 3.45. The Bertz CT molecular complexity index is 468. The highest BCUT2D eigenvalue weighted by Gasteiger charge is 2.30. The number of carbonyl (C=O) groups excluding carboxylic acids is 1. The number of nitrogens with one attached hydrogen (secondary N) is 1. The van der Waals surface area contributed by atoms with Crippen LogP contribution in [0.1, 0.15) is 39.0 Å². The monoisotopic (exact) mass is 258 g/mol. The highest BCUT2D eigenvalue weighted by atomic mass is 16.2. The number of benzene rings is 1. The van der Waals surface area contributed by atoms with E-state index in [0.29, 0.717) is 12.5 Å². The predicted molar refractivity (Wildman–Crippen MR) is 78.5 cm³/mol. The van der Waals surface area contributed by atoms with E-state index in [2.05, 4.69) is 24.4 Å². The van der Waals surface area contributed by atoms with E-state index in [0.717, 1.165) is 36.7 Å². The summed E-state index contributed by atoms with van der Waals surface area (Å²) >= 11 is 0. The van der Waals surface area contributed by atoms with Crippen LogP contribution in [0, 0.1) is 5.92 Å². The van der Waals surface area contributed by atoms with Gasteiger partial charge in [-0.05, 0) is 49.8 Å². The van der Waals surface area contributed by atoms with Crippen molar-refractivity contribution in [2.75, 3.05) is 16.8 Å². The molecule has 1 aromatic carbocycles. The zero-order chi connectivity index (χ0) is 13.2. The number of carbonyl (C=O) groups is 1. The number of hydrogen-bond donors (Lipinski definition) is 1. The summed E-state index contributed by atoms with van der Waals surface area (Å²) in [6.45, 7) is 3.10. The SMILES string of the molecule is CCC(Nc1cccc(N2CCCC2=O)c1)C1CC1. The van der Waals surface area contributed by atoms with Crippen molar-refractivity contribution in [3.8, 4) is 0 Å². The lowest BCUT2D eigenvalue weighted by molar-refractivity contribution is -0.117. The van der Waals surface area contributed by atoms with E-state index >= 15 is 0 Å². The summed E-state index contributed by atoms with van der Waals surface area (Å²) < 4.78 is 0. The van der Waals surface area contributed by atoms with Crippen molar-refractivity contribution in [2.45, 2.75) is 45.1 Å². The third-order valence-electron chi connectivity index (χ3n) is 4.21. The minimum Gasteiger partial charge on any atom is -0.382 e. The van der Waals surface area contributed by atoms with Gasteiger partial charge in [-0.2, -0.15) is 0 Å². The number of rotatable bonds is 5. The van der Waals surface area contributed by atoms with Gasteiger partial charge in [0.1, 0.15) is 0 Å². The van der Waals surface area contributed by atoms with Crippen molar-refractivity contribution in [2.24, 2.45) is 5.92 Å². The third-order valence-corrected chi connectivity index (χ3v) is 4.21. The van der Waals surface area contributed by atoms with Crippen LogP contribution in [-0.2, 0) is 4.79 Å². The van der Waals surface area contributed by atoms with Gasteiger partial charge in [0.2, 0.25) is 5.91 Å². The first kappa shape index (κ1) is 12.5. The van der Waals surface area contributed by atoms with Crippen LogP contribution in [0.25, 0.3) is 0 Å². The first-order valence-electron chi connectivity index (χ1n) is 7.45. The van der Waals surface area contributed by atoms with E-state index in [-0.39, 0.29) is 5.91 Å². The fourth-order valence-corrected chi connectivity index (χ4v) is 2.95. The number of amides is 1. The molecule has 19 heavy (non-hydrogen) atoms. The fraction of sp³-hybridized carbons (Fsp3) is 0.562. The standard InChI is InChI=1S/C16H22N2O/c1-2-15(12-8-9-12)17-13-5-3-6-14(11-13)18-10-4-7-16(18)19/h3,5-6,11-12,15,17H,2,4,7-10H2,1H3. The second kappa shape index (κ2) is 5.24. The maximum absolute atomic E-state index is 11.8. The van der Waals surface area contributed by atoms with Gasteiger partial charge in [-0.1, -0.05) is 13.0 Å². The summed E-state index contributed by atoms with van der Waals surface area (Å²) in [7, 11) is 0. The Morgan fingerprint density at radius 2 is 2.26 bits per heavy atom. The molecule has 1 saturated heterocycles. The molecular weight excluding hydrogens is 236 g/mol. The lowest BCUT2D eigenvalue weighted by atomic mass is 10.1. The average Bonchev–Trinajstić information content (AvgIpc) is 3.18. The molecule has 0 bridgehead atoms. The molecule has 1 saturated carbocycles. The average molecular weight is 258 g/mol. The second-order valence-corrected chi connectivity index (χ2v) is 5.70. The topological polar surface area (TPSA) is 32.3 Å². The zero-order valence-electron chi connectivity index (χ0n) is 11.6. The van der Waals surface area contributed by atoms with Gasteiger partial charge in [0.25, 0.3) is 0 Å². The molecule has 1 N–H and O–H groups in total. The third kappa shape index (κ3) is 2.75. The van der Waals surface area contributed by atoms with Crippen LogP contribution in [0.5, 0.6) is 0 Å².